The summed E-state index contributed by atoms with van der Waals surface area (Å²) in [5.74, 6) is -0.125. The molecular formula is C9H14N4O3S. The number of hydrogen-bond donors (Lipinski definition) is 3. The minimum absolute atomic E-state index is 0.0000936. The second kappa shape index (κ2) is 4.84. The van der Waals surface area contributed by atoms with Crippen molar-refractivity contribution in [1.29, 1.82) is 0 Å². The van der Waals surface area contributed by atoms with Gasteiger partial charge in [-0.25, -0.2) is 13.1 Å². The molecule has 0 saturated heterocycles. The van der Waals surface area contributed by atoms with Crippen molar-refractivity contribution in [1.82, 2.24) is 20.2 Å². The van der Waals surface area contributed by atoms with Crippen molar-refractivity contribution < 1.29 is 13.2 Å². The fraction of sp³-hybridized carbons (Fsp3) is 0.556. The first-order valence-corrected chi connectivity index (χ1v) is 6.84. The summed E-state index contributed by atoms with van der Waals surface area (Å²) in [5, 5.41) is 8.69. The summed E-state index contributed by atoms with van der Waals surface area (Å²) in [6.45, 7) is 0.0832. The molecule has 17 heavy (non-hydrogen) atoms. The maximum atomic E-state index is 11.6. The van der Waals surface area contributed by atoms with E-state index in [0.717, 1.165) is 12.8 Å². The van der Waals surface area contributed by atoms with E-state index in [0.29, 0.717) is 6.04 Å². The van der Waals surface area contributed by atoms with Crippen molar-refractivity contribution in [2.75, 3.05) is 6.54 Å². The van der Waals surface area contributed by atoms with Crippen molar-refractivity contribution in [3.63, 3.8) is 0 Å². The van der Waals surface area contributed by atoms with E-state index in [2.05, 4.69) is 20.2 Å². The molecule has 1 aromatic rings. The molecule has 0 unspecified atom stereocenters. The van der Waals surface area contributed by atoms with Crippen LogP contribution in [0.5, 0.6) is 0 Å². The average molecular weight is 258 g/mol. The van der Waals surface area contributed by atoms with Crippen LogP contribution in [-0.2, 0) is 14.8 Å². The molecule has 3 N–H and O–H groups in total. The second-order valence-electron chi connectivity index (χ2n) is 3.91. The Bertz CT molecular complexity index is 478. The third kappa shape index (κ3) is 3.53. The molecule has 1 aliphatic carbocycles. The molecule has 0 spiro atoms. The SMILES string of the molecule is O=C(CCNS(=O)(=O)c1ccn[nH]1)NC1CC1. The molecule has 1 amide bonds. The van der Waals surface area contributed by atoms with Crippen LogP contribution in [0.4, 0.5) is 0 Å². The molecule has 0 radical (unpaired) electrons. The van der Waals surface area contributed by atoms with Crippen molar-refractivity contribution in [3.8, 4) is 0 Å². The monoisotopic (exact) mass is 258 g/mol. The zero-order valence-electron chi connectivity index (χ0n) is 9.14. The molecular weight excluding hydrogens is 244 g/mol. The van der Waals surface area contributed by atoms with Crippen LogP contribution in [0.25, 0.3) is 0 Å². The molecule has 1 aromatic heterocycles. The van der Waals surface area contributed by atoms with E-state index in [-0.39, 0.29) is 23.9 Å². The largest absolute Gasteiger partial charge is 0.353 e. The maximum absolute atomic E-state index is 11.6. The normalized spacial score (nSPS) is 15.8. The Morgan fingerprint density at radius 2 is 2.29 bits per heavy atom. The van der Waals surface area contributed by atoms with E-state index in [9.17, 15) is 13.2 Å². The summed E-state index contributed by atoms with van der Waals surface area (Å²) in [7, 11) is -3.57. The number of hydrogen-bond acceptors (Lipinski definition) is 4. The average Bonchev–Trinajstić information content (AvgIpc) is 2.89. The van der Waals surface area contributed by atoms with Gasteiger partial charge in [0, 0.05) is 19.0 Å². The van der Waals surface area contributed by atoms with Gasteiger partial charge in [-0.05, 0) is 18.9 Å². The zero-order chi connectivity index (χ0) is 12.3. The second-order valence-corrected chi connectivity index (χ2v) is 5.65. The van der Waals surface area contributed by atoms with E-state index in [1.165, 1.54) is 12.3 Å². The van der Waals surface area contributed by atoms with Gasteiger partial charge in [0.15, 0.2) is 5.03 Å². The van der Waals surface area contributed by atoms with Crippen LogP contribution in [0.3, 0.4) is 0 Å². The summed E-state index contributed by atoms with van der Waals surface area (Å²) in [6, 6.07) is 1.65. The van der Waals surface area contributed by atoms with Crippen LogP contribution in [0, 0.1) is 0 Å². The highest BCUT2D eigenvalue weighted by Crippen LogP contribution is 2.18. The quantitative estimate of drug-likeness (QED) is 0.631. The number of nitrogens with one attached hydrogen (secondary N) is 3. The fourth-order valence-electron chi connectivity index (χ4n) is 1.30. The lowest BCUT2D eigenvalue weighted by Gasteiger charge is -2.05. The van der Waals surface area contributed by atoms with Crippen molar-refractivity contribution in [3.05, 3.63) is 12.3 Å². The number of amides is 1. The lowest BCUT2D eigenvalue weighted by atomic mass is 10.4. The lowest BCUT2D eigenvalue weighted by Crippen LogP contribution is -2.31. The zero-order valence-corrected chi connectivity index (χ0v) is 9.96. The van der Waals surface area contributed by atoms with Crippen molar-refractivity contribution in [2.45, 2.75) is 30.3 Å². The molecule has 1 heterocycles. The van der Waals surface area contributed by atoms with Crippen molar-refractivity contribution >= 4 is 15.9 Å². The summed E-state index contributed by atoms with van der Waals surface area (Å²) in [5.41, 5.74) is 0. The topological polar surface area (TPSA) is 104 Å². The Kier molecular flexibility index (Phi) is 3.43. The van der Waals surface area contributed by atoms with Gasteiger partial charge in [-0.15, -0.1) is 0 Å². The molecule has 0 atom stereocenters. The van der Waals surface area contributed by atoms with E-state index in [1.807, 2.05) is 0 Å². The van der Waals surface area contributed by atoms with Gasteiger partial charge in [-0.3, -0.25) is 9.89 Å². The van der Waals surface area contributed by atoms with Crippen LogP contribution in [0.1, 0.15) is 19.3 Å². The van der Waals surface area contributed by atoms with Gasteiger partial charge in [0.25, 0.3) is 10.0 Å². The summed E-state index contributed by atoms with van der Waals surface area (Å²) >= 11 is 0. The van der Waals surface area contributed by atoms with Gasteiger partial charge in [0.05, 0.1) is 6.20 Å². The number of rotatable bonds is 6. The van der Waals surface area contributed by atoms with Gasteiger partial charge in [0.1, 0.15) is 0 Å². The number of carbonyl (C=O) groups is 1. The number of carbonyl (C=O) groups excluding carboxylic acids is 1. The van der Waals surface area contributed by atoms with Crippen LogP contribution < -0.4 is 10.0 Å². The third-order valence-electron chi connectivity index (χ3n) is 2.35. The first-order chi connectivity index (χ1) is 8.08. The van der Waals surface area contributed by atoms with Gasteiger partial charge < -0.3 is 5.32 Å². The third-order valence-corrected chi connectivity index (χ3v) is 3.74. The van der Waals surface area contributed by atoms with E-state index >= 15 is 0 Å². The predicted molar refractivity (Wildman–Crippen MR) is 59.6 cm³/mol. The molecule has 1 saturated carbocycles. The molecule has 7 nitrogen and oxygen atoms in total. The smallest absolute Gasteiger partial charge is 0.257 e. The van der Waals surface area contributed by atoms with Gasteiger partial charge in [-0.2, -0.15) is 5.10 Å². The van der Waals surface area contributed by atoms with Crippen LogP contribution in [-0.4, -0.2) is 37.1 Å². The molecule has 0 aliphatic heterocycles. The summed E-state index contributed by atoms with van der Waals surface area (Å²) < 4.78 is 25.5. The Morgan fingerprint density at radius 1 is 1.53 bits per heavy atom. The number of nitrogens with zero attached hydrogens (tertiary/aromatic N) is 1. The first kappa shape index (κ1) is 12.1. The Hall–Kier alpha value is -1.41. The molecule has 1 aliphatic rings. The van der Waals surface area contributed by atoms with E-state index in [1.54, 1.807) is 0 Å². The highest BCUT2D eigenvalue weighted by Gasteiger charge is 2.23. The number of sulfonamides is 1. The van der Waals surface area contributed by atoms with Crippen molar-refractivity contribution in [2.24, 2.45) is 0 Å². The number of H-pyrrole nitrogens is 1. The maximum Gasteiger partial charge on any atom is 0.257 e. The highest BCUT2D eigenvalue weighted by molar-refractivity contribution is 7.89. The lowest BCUT2D eigenvalue weighted by molar-refractivity contribution is -0.121. The standard InChI is InChI=1S/C9H14N4O3S/c14-8(12-7-1-2-7)3-6-11-17(15,16)9-4-5-10-13-9/h4-5,7,11H,1-3,6H2,(H,10,13)(H,12,14). The van der Waals surface area contributed by atoms with Crippen LogP contribution >= 0.6 is 0 Å². The summed E-state index contributed by atoms with van der Waals surface area (Å²) in [4.78, 5) is 11.3. The Balaban J connectivity index is 1.76. The van der Waals surface area contributed by atoms with Gasteiger partial charge in [-0.1, -0.05) is 0 Å². The summed E-state index contributed by atoms with van der Waals surface area (Å²) in [6.07, 6.45) is 3.54. The molecule has 8 heteroatoms. The fourth-order valence-corrected chi connectivity index (χ4v) is 2.24. The van der Waals surface area contributed by atoms with Gasteiger partial charge in [0.2, 0.25) is 5.91 Å². The number of aromatic nitrogens is 2. The van der Waals surface area contributed by atoms with Gasteiger partial charge >= 0.3 is 0 Å². The molecule has 94 valence electrons. The van der Waals surface area contributed by atoms with E-state index < -0.39 is 10.0 Å². The van der Waals surface area contributed by atoms with E-state index in [4.69, 9.17) is 0 Å². The molecule has 1 fully saturated rings. The highest BCUT2D eigenvalue weighted by atomic mass is 32.2. The molecule has 2 rings (SSSR count). The predicted octanol–water partition coefficient (Wildman–Crippen LogP) is -0.643. The Labute approximate surface area is 99.0 Å². The minimum Gasteiger partial charge on any atom is -0.353 e. The van der Waals surface area contributed by atoms with Crippen LogP contribution in [0.2, 0.25) is 0 Å². The molecule has 0 bridgehead atoms. The van der Waals surface area contributed by atoms with Crippen LogP contribution in [0.15, 0.2) is 17.3 Å². The first-order valence-electron chi connectivity index (χ1n) is 5.36. The minimum atomic E-state index is -3.57. The molecule has 0 aromatic carbocycles. The Morgan fingerprint density at radius 3 is 2.88 bits per heavy atom. The number of aromatic amines is 1.